The maximum absolute atomic E-state index is 12.1. The standard InChI is InChI=1S/C16H31NO2S/c1-4-6-12-20-13-8-7-11-16(3,15(18)19-5-2)17-14-9-10-14/h14,17H,4-13H2,1-3H3. The Kier molecular flexibility index (Phi) is 8.62. The van der Waals surface area contributed by atoms with Crippen molar-refractivity contribution in [1.82, 2.24) is 5.32 Å². The van der Waals surface area contributed by atoms with Crippen molar-refractivity contribution >= 4 is 17.7 Å². The second kappa shape index (κ2) is 9.67. The minimum Gasteiger partial charge on any atom is -0.465 e. The Balaban J connectivity index is 2.23. The number of hydrogen-bond donors (Lipinski definition) is 1. The highest BCUT2D eigenvalue weighted by Crippen LogP contribution is 2.26. The number of rotatable bonds is 12. The molecule has 1 fully saturated rings. The Bertz CT molecular complexity index is 282. The Morgan fingerprint density at radius 3 is 2.55 bits per heavy atom. The average molecular weight is 301 g/mol. The van der Waals surface area contributed by atoms with E-state index in [1.807, 2.05) is 25.6 Å². The fourth-order valence-electron chi connectivity index (χ4n) is 2.23. The Morgan fingerprint density at radius 1 is 1.25 bits per heavy atom. The summed E-state index contributed by atoms with van der Waals surface area (Å²) >= 11 is 2.04. The molecule has 0 bridgehead atoms. The van der Waals surface area contributed by atoms with Crippen LogP contribution < -0.4 is 5.32 Å². The monoisotopic (exact) mass is 301 g/mol. The van der Waals surface area contributed by atoms with Gasteiger partial charge in [0.1, 0.15) is 5.54 Å². The number of unbranched alkanes of at least 4 members (excludes halogenated alkanes) is 2. The third-order valence-electron chi connectivity index (χ3n) is 3.68. The Labute approximate surface area is 128 Å². The molecule has 1 aliphatic carbocycles. The van der Waals surface area contributed by atoms with Gasteiger partial charge in [0.05, 0.1) is 6.61 Å². The molecule has 1 saturated carbocycles. The molecule has 0 amide bonds. The van der Waals surface area contributed by atoms with Crippen molar-refractivity contribution in [3.63, 3.8) is 0 Å². The van der Waals surface area contributed by atoms with Crippen molar-refractivity contribution in [2.24, 2.45) is 0 Å². The van der Waals surface area contributed by atoms with Gasteiger partial charge in [0.25, 0.3) is 0 Å². The molecule has 0 radical (unpaired) electrons. The van der Waals surface area contributed by atoms with Crippen LogP contribution in [-0.2, 0) is 9.53 Å². The van der Waals surface area contributed by atoms with E-state index in [1.54, 1.807) is 0 Å². The van der Waals surface area contributed by atoms with Crippen LogP contribution in [0.5, 0.6) is 0 Å². The van der Waals surface area contributed by atoms with Crippen molar-refractivity contribution in [3.05, 3.63) is 0 Å². The lowest BCUT2D eigenvalue weighted by Gasteiger charge is -2.28. The van der Waals surface area contributed by atoms with Gasteiger partial charge in [-0.2, -0.15) is 11.8 Å². The maximum Gasteiger partial charge on any atom is 0.326 e. The molecule has 20 heavy (non-hydrogen) atoms. The highest BCUT2D eigenvalue weighted by atomic mass is 32.2. The molecule has 0 aromatic heterocycles. The van der Waals surface area contributed by atoms with Crippen LogP contribution in [0.25, 0.3) is 0 Å². The van der Waals surface area contributed by atoms with Crippen molar-refractivity contribution in [2.75, 3.05) is 18.1 Å². The summed E-state index contributed by atoms with van der Waals surface area (Å²) in [6.07, 6.45) is 8.15. The molecular formula is C16H31NO2S. The van der Waals surface area contributed by atoms with E-state index in [9.17, 15) is 4.79 Å². The first-order valence-electron chi connectivity index (χ1n) is 8.15. The zero-order chi connectivity index (χ0) is 14.8. The summed E-state index contributed by atoms with van der Waals surface area (Å²) in [5, 5.41) is 3.48. The summed E-state index contributed by atoms with van der Waals surface area (Å²) in [4.78, 5) is 12.1. The number of carbonyl (C=O) groups is 1. The van der Waals surface area contributed by atoms with Gasteiger partial charge < -0.3 is 4.74 Å². The molecule has 118 valence electrons. The van der Waals surface area contributed by atoms with Gasteiger partial charge in [-0.05, 0) is 57.5 Å². The second-order valence-electron chi connectivity index (χ2n) is 5.89. The van der Waals surface area contributed by atoms with Gasteiger partial charge in [0.2, 0.25) is 0 Å². The SMILES string of the molecule is CCCCSCCCCC(C)(NC1CC1)C(=O)OCC. The van der Waals surface area contributed by atoms with Crippen LogP contribution in [0.4, 0.5) is 0 Å². The predicted molar refractivity (Wildman–Crippen MR) is 87.3 cm³/mol. The molecule has 4 heteroatoms. The summed E-state index contributed by atoms with van der Waals surface area (Å²) in [6, 6.07) is 0.531. The van der Waals surface area contributed by atoms with Crippen LogP contribution in [-0.4, -0.2) is 35.7 Å². The molecule has 1 unspecified atom stereocenters. The molecule has 0 saturated heterocycles. The molecule has 0 aliphatic heterocycles. The van der Waals surface area contributed by atoms with Crippen molar-refractivity contribution < 1.29 is 9.53 Å². The number of esters is 1. The predicted octanol–water partition coefficient (Wildman–Crippen LogP) is 3.76. The molecule has 1 N–H and O–H groups in total. The van der Waals surface area contributed by atoms with Crippen LogP contribution in [0, 0.1) is 0 Å². The van der Waals surface area contributed by atoms with E-state index in [2.05, 4.69) is 12.2 Å². The zero-order valence-corrected chi connectivity index (χ0v) is 14.2. The van der Waals surface area contributed by atoms with Gasteiger partial charge in [-0.1, -0.05) is 19.8 Å². The van der Waals surface area contributed by atoms with E-state index in [0.29, 0.717) is 12.6 Å². The largest absolute Gasteiger partial charge is 0.465 e. The number of carbonyl (C=O) groups excluding carboxylic acids is 1. The number of nitrogens with one attached hydrogen (secondary N) is 1. The average Bonchev–Trinajstić information content (AvgIpc) is 3.22. The van der Waals surface area contributed by atoms with Gasteiger partial charge in [0, 0.05) is 6.04 Å². The first kappa shape index (κ1) is 17.8. The third-order valence-corrected chi connectivity index (χ3v) is 4.84. The van der Waals surface area contributed by atoms with Gasteiger partial charge in [0.15, 0.2) is 0 Å². The molecule has 1 atom stereocenters. The van der Waals surface area contributed by atoms with Crippen molar-refractivity contribution in [1.29, 1.82) is 0 Å². The van der Waals surface area contributed by atoms with Crippen LogP contribution in [0.2, 0.25) is 0 Å². The van der Waals surface area contributed by atoms with Gasteiger partial charge in [-0.15, -0.1) is 0 Å². The van der Waals surface area contributed by atoms with E-state index in [-0.39, 0.29) is 5.97 Å². The summed E-state index contributed by atoms with van der Waals surface area (Å²) in [6.45, 7) is 6.58. The molecule has 1 aliphatic rings. The number of ether oxygens (including phenoxy) is 1. The van der Waals surface area contributed by atoms with Crippen molar-refractivity contribution in [2.45, 2.75) is 77.3 Å². The molecule has 3 nitrogen and oxygen atoms in total. The number of hydrogen-bond acceptors (Lipinski definition) is 4. The van der Waals surface area contributed by atoms with E-state index < -0.39 is 5.54 Å². The fraction of sp³-hybridized carbons (Fsp3) is 0.938. The van der Waals surface area contributed by atoms with Crippen molar-refractivity contribution in [3.8, 4) is 0 Å². The molecule has 0 aromatic carbocycles. The van der Waals surface area contributed by atoms with E-state index in [1.165, 1.54) is 43.6 Å². The van der Waals surface area contributed by atoms with Crippen LogP contribution in [0.1, 0.15) is 65.7 Å². The number of thioether (sulfide) groups is 1. The highest BCUT2D eigenvalue weighted by Gasteiger charge is 2.38. The van der Waals surface area contributed by atoms with Crippen LogP contribution in [0.3, 0.4) is 0 Å². The molecule has 0 heterocycles. The lowest BCUT2D eigenvalue weighted by Crippen LogP contribution is -2.51. The summed E-state index contributed by atoms with van der Waals surface area (Å²) < 4.78 is 5.24. The van der Waals surface area contributed by atoms with E-state index in [0.717, 1.165) is 12.8 Å². The minimum absolute atomic E-state index is 0.0782. The van der Waals surface area contributed by atoms with Gasteiger partial charge in [-0.3, -0.25) is 10.1 Å². The topological polar surface area (TPSA) is 38.3 Å². The molecule has 0 aromatic rings. The summed E-state index contributed by atoms with van der Waals surface area (Å²) in [5.41, 5.74) is -0.481. The normalized spacial score (nSPS) is 17.8. The second-order valence-corrected chi connectivity index (χ2v) is 7.12. The highest BCUT2D eigenvalue weighted by molar-refractivity contribution is 7.99. The molecular weight excluding hydrogens is 270 g/mol. The summed E-state index contributed by atoms with van der Waals surface area (Å²) in [7, 11) is 0. The minimum atomic E-state index is -0.481. The zero-order valence-electron chi connectivity index (χ0n) is 13.4. The maximum atomic E-state index is 12.1. The van der Waals surface area contributed by atoms with E-state index in [4.69, 9.17) is 4.74 Å². The lowest BCUT2D eigenvalue weighted by molar-refractivity contribution is -0.151. The fourth-order valence-corrected chi connectivity index (χ4v) is 3.34. The quantitative estimate of drug-likeness (QED) is 0.440. The first-order chi connectivity index (χ1) is 9.62. The van der Waals surface area contributed by atoms with Crippen LogP contribution >= 0.6 is 11.8 Å². The van der Waals surface area contributed by atoms with Crippen LogP contribution in [0.15, 0.2) is 0 Å². The first-order valence-corrected chi connectivity index (χ1v) is 9.30. The van der Waals surface area contributed by atoms with Gasteiger partial charge >= 0.3 is 5.97 Å². The smallest absolute Gasteiger partial charge is 0.326 e. The molecule has 1 rings (SSSR count). The Hall–Kier alpha value is -0.220. The van der Waals surface area contributed by atoms with Gasteiger partial charge in [-0.25, -0.2) is 0 Å². The van der Waals surface area contributed by atoms with E-state index >= 15 is 0 Å². The lowest BCUT2D eigenvalue weighted by atomic mass is 9.94. The Morgan fingerprint density at radius 2 is 1.95 bits per heavy atom. The molecule has 0 spiro atoms. The third kappa shape index (κ3) is 6.98. The summed E-state index contributed by atoms with van der Waals surface area (Å²) in [5.74, 6) is 2.40.